The highest BCUT2D eigenvalue weighted by atomic mass is 16.5. The second-order valence-corrected chi connectivity index (χ2v) is 4.31. The van der Waals surface area contributed by atoms with Crippen molar-refractivity contribution in [3.63, 3.8) is 0 Å². The summed E-state index contributed by atoms with van der Waals surface area (Å²) in [5, 5.41) is 3.31. The molecule has 1 atom stereocenters. The largest absolute Gasteiger partial charge is 0.497 e. The Morgan fingerprint density at radius 2 is 1.82 bits per heavy atom. The minimum absolute atomic E-state index is 0.578. The predicted octanol–water partition coefficient (Wildman–Crippen LogP) is 3.01. The standard InChI is InChI=1S/C15H15NO/c1-17-14-4-2-3-13(9-14)11-5-7-12(8-6-11)15-10-16-15/h2-9,15-16H,10H2,1H3/t15-/m1/s1. The van der Waals surface area contributed by atoms with Crippen molar-refractivity contribution in [2.24, 2.45) is 0 Å². The van der Waals surface area contributed by atoms with E-state index in [1.807, 2.05) is 12.1 Å². The van der Waals surface area contributed by atoms with Crippen LogP contribution in [0.3, 0.4) is 0 Å². The van der Waals surface area contributed by atoms with Crippen molar-refractivity contribution in [2.45, 2.75) is 6.04 Å². The SMILES string of the molecule is COc1cccc(-c2ccc([C@H]3CN3)cc2)c1. The maximum Gasteiger partial charge on any atom is 0.119 e. The molecule has 86 valence electrons. The van der Waals surface area contributed by atoms with Gasteiger partial charge in [-0.15, -0.1) is 0 Å². The van der Waals surface area contributed by atoms with E-state index in [9.17, 15) is 0 Å². The monoisotopic (exact) mass is 225 g/mol. The number of nitrogens with one attached hydrogen (secondary N) is 1. The van der Waals surface area contributed by atoms with Gasteiger partial charge in [0.15, 0.2) is 0 Å². The Morgan fingerprint density at radius 1 is 1.06 bits per heavy atom. The van der Waals surface area contributed by atoms with E-state index >= 15 is 0 Å². The normalized spacial score (nSPS) is 17.8. The molecule has 1 fully saturated rings. The average molecular weight is 225 g/mol. The predicted molar refractivity (Wildman–Crippen MR) is 69.2 cm³/mol. The van der Waals surface area contributed by atoms with Crippen LogP contribution < -0.4 is 10.1 Å². The van der Waals surface area contributed by atoms with Crippen LogP contribution in [0.2, 0.25) is 0 Å². The summed E-state index contributed by atoms with van der Waals surface area (Å²) in [5.41, 5.74) is 3.80. The van der Waals surface area contributed by atoms with Gasteiger partial charge in [0.1, 0.15) is 5.75 Å². The highest BCUT2D eigenvalue weighted by molar-refractivity contribution is 5.65. The van der Waals surface area contributed by atoms with E-state index in [2.05, 4.69) is 41.7 Å². The summed E-state index contributed by atoms with van der Waals surface area (Å²) in [6.07, 6.45) is 0. The zero-order valence-corrected chi connectivity index (χ0v) is 9.81. The molecule has 0 radical (unpaired) electrons. The third-order valence-corrected chi connectivity index (χ3v) is 3.12. The number of ether oxygens (including phenoxy) is 1. The van der Waals surface area contributed by atoms with Crippen LogP contribution in [0.5, 0.6) is 5.75 Å². The van der Waals surface area contributed by atoms with Gasteiger partial charge in [0, 0.05) is 12.6 Å². The fourth-order valence-electron chi connectivity index (χ4n) is 2.01. The van der Waals surface area contributed by atoms with Crippen LogP contribution in [0.25, 0.3) is 11.1 Å². The quantitative estimate of drug-likeness (QED) is 0.814. The molecule has 0 unspecified atom stereocenters. The van der Waals surface area contributed by atoms with Crippen LogP contribution in [0.1, 0.15) is 11.6 Å². The molecule has 0 bridgehead atoms. The Morgan fingerprint density at radius 3 is 2.47 bits per heavy atom. The Labute approximate surface area is 101 Å². The molecule has 0 saturated carbocycles. The summed E-state index contributed by atoms with van der Waals surface area (Å²) < 4.78 is 5.24. The molecule has 2 heteroatoms. The number of methoxy groups -OCH3 is 1. The van der Waals surface area contributed by atoms with Gasteiger partial charge < -0.3 is 10.1 Å². The summed E-state index contributed by atoms with van der Waals surface area (Å²) in [7, 11) is 1.70. The van der Waals surface area contributed by atoms with Crippen molar-refractivity contribution in [1.29, 1.82) is 0 Å². The lowest BCUT2D eigenvalue weighted by Gasteiger charge is -2.05. The first kappa shape index (κ1) is 10.4. The lowest BCUT2D eigenvalue weighted by atomic mass is 10.0. The van der Waals surface area contributed by atoms with Gasteiger partial charge in [-0.2, -0.15) is 0 Å². The highest BCUT2D eigenvalue weighted by Gasteiger charge is 2.21. The van der Waals surface area contributed by atoms with E-state index < -0.39 is 0 Å². The molecule has 1 N–H and O–H groups in total. The maximum atomic E-state index is 5.24. The Kier molecular flexibility index (Phi) is 2.57. The molecule has 1 saturated heterocycles. The smallest absolute Gasteiger partial charge is 0.119 e. The van der Waals surface area contributed by atoms with Crippen molar-refractivity contribution in [1.82, 2.24) is 5.32 Å². The Balaban J connectivity index is 1.91. The van der Waals surface area contributed by atoms with E-state index in [1.165, 1.54) is 16.7 Å². The first-order valence-electron chi connectivity index (χ1n) is 5.84. The molecular weight excluding hydrogens is 210 g/mol. The van der Waals surface area contributed by atoms with E-state index in [4.69, 9.17) is 4.74 Å². The van der Waals surface area contributed by atoms with Gasteiger partial charge in [-0.05, 0) is 28.8 Å². The van der Waals surface area contributed by atoms with Crippen molar-refractivity contribution >= 4 is 0 Å². The fraction of sp³-hybridized carbons (Fsp3) is 0.200. The summed E-state index contributed by atoms with van der Waals surface area (Å²) in [6.45, 7) is 1.11. The van der Waals surface area contributed by atoms with Gasteiger partial charge in [-0.1, -0.05) is 36.4 Å². The zero-order valence-electron chi connectivity index (χ0n) is 9.81. The molecule has 17 heavy (non-hydrogen) atoms. The minimum atomic E-state index is 0.578. The van der Waals surface area contributed by atoms with Crippen molar-refractivity contribution in [3.8, 4) is 16.9 Å². The highest BCUT2D eigenvalue weighted by Crippen LogP contribution is 2.27. The van der Waals surface area contributed by atoms with E-state index in [0.717, 1.165) is 12.3 Å². The fourth-order valence-corrected chi connectivity index (χ4v) is 2.01. The van der Waals surface area contributed by atoms with E-state index in [0.29, 0.717) is 6.04 Å². The Hall–Kier alpha value is -1.80. The van der Waals surface area contributed by atoms with Gasteiger partial charge in [-0.3, -0.25) is 0 Å². The average Bonchev–Trinajstić information content (AvgIpc) is 3.23. The lowest BCUT2D eigenvalue weighted by molar-refractivity contribution is 0.415. The van der Waals surface area contributed by atoms with Gasteiger partial charge >= 0.3 is 0 Å². The van der Waals surface area contributed by atoms with Crippen molar-refractivity contribution in [3.05, 3.63) is 54.1 Å². The molecule has 1 aliphatic heterocycles. The second-order valence-electron chi connectivity index (χ2n) is 4.31. The third kappa shape index (κ3) is 2.17. The molecule has 2 nitrogen and oxygen atoms in total. The summed E-state index contributed by atoms with van der Waals surface area (Å²) in [6, 6.07) is 17.5. The number of hydrogen-bond acceptors (Lipinski definition) is 2. The van der Waals surface area contributed by atoms with Gasteiger partial charge in [0.2, 0.25) is 0 Å². The summed E-state index contributed by atoms with van der Waals surface area (Å²) in [5.74, 6) is 0.899. The molecule has 2 aromatic carbocycles. The van der Waals surface area contributed by atoms with Crippen LogP contribution in [-0.4, -0.2) is 13.7 Å². The van der Waals surface area contributed by atoms with Crippen LogP contribution >= 0.6 is 0 Å². The molecule has 0 aliphatic carbocycles. The van der Waals surface area contributed by atoms with Crippen molar-refractivity contribution < 1.29 is 4.74 Å². The van der Waals surface area contributed by atoms with Crippen LogP contribution in [0, 0.1) is 0 Å². The number of rotatable bonds is 3. The third-order valence-electron chi connectivity index (χ3n) is 3.12. The molecule has 1 aliphatic rings. The lowest BCUT2D eigenvalue weighted by Crippen LogP contribution is -1.86. The van der Waals surface area contributed by atoms with E-state index in [1.54, 1.807) is 7.11 Å². The van der Waals surface area contributed by atoms with Gasteiger partial charge in [0.25, 0.3) is 0 Å². The topological polar surface area (TPSA) is 31.2 Å². The molecule has 0 aromatic heterocycles. The summed E-state index contributed by atoms with van der Waals surface area (Å²) in [4.78, 5) is 0. The summed E-state index contributed by atoms with van der Waals surface area (Å²) >= 11 is 0. The number of benzene rings is 2. The molecule has 0 amide bonds. The maximum absolute atomic E-state index is 5.24. The molecule has 1 heterocycles. The molecule has 3 rings (SSSR count). The van der Waals surface area contributed by atoms with Crippen molar-refractivity contribution in [2.75, 3.05) is 13.7 Å². The van der Waals surface area contributed by atoms with Crippen LogP contribution in [-0.2, 0) is 0 Å². The van der Waals surface area contributed by atoms with E-state index in [-0.39, 0.29) is 0 Å². The molecule has 2 aromatic rings. The van der Waals surface area contributed by atoms with Gasteiger partial charge in [-0.25, -0.2) is 0 Å². The van der Waals surface area contributed by atoms with Crippen LogP contribution in [0.4, 0.5) is 0 Å². The second kappa shape index (κ2) is 4.22. The first-order valence-corrected chi connectivity index (χ1v) is 5.84. The zero-order chi connectivity index (χ0) is 11.7. The Bertz CT molecular complexity index is 515. The number of hydrogen-bond donors (Lipinski definition) is 1. The molecular formula is C15H15NO. The molecule has 0 spiro atoms. The minimum Gasteiger partial charge on any atom is -0.497 e. The van der Waals surface area contributed by atoms with Gasteiger partial charge in [0.05, 0.1) is 7.11 Å². The first-order chi connectivity index (χ1) is 8.36. The van der Waals surface area contributed by atoms with Crippen LogP contribution in [0.15, 0.2) is 48.5 Å².